The molecule has 6 nitrogen and oxygen atoms in total. The van der Waals surface area contributed by atoms with E-state index in [4.69, 9.17) is 5.11 Å². The SMILES string of the molecule is CCCn1c(SCC(=O)O)nnc1N(C)CCSC. The Morgan fingerprint density at radius 3 is 2.79 bits per heavy atom. The van der Waals surface area contributed by atoms with Crippen molar-refractivity contribution in [1.29, 1.82) is 0 Å². The van der Waals surface area contributed by atoms with Crippen molar-refractivity contribution in [1.82, 2.24) is 14.8 Å². The number of carboxylic acids is 1. The first kappa shape index (κ1) is 16.2. The van der Waals surface area contributed by atoms with Gasteiger partial charge in [-0.05, 0) is 12.7 Å². The summed E-state index contributed by atoms with van der Waals surface area (Å²) in [5.74, 6) is 1.00. The fourth-order valence-corrected chi connectivity index (χ4v) is 2.68. The van der Waals surface area contributed by atoms with Crippen molar-refractivity contribution in [3.05, 3.63) is 0 Å². The van der Waals surface area contributed by atoms with Crippen molar-refractivity contribution < 1.29 is 9.90 Å². The van der Waals surface area contributed by atoms with Crippen molar-refractivity contribution in [3.8, 4) is 0 Å². The molecule has 0 fully saturated rings. The summed E-state index contributed by atoms with van der Waals surface area (Å²) in [5, 5.41) is 17.7. The molecule has 108 valence electrons. The molecular formula is C11H20N4O2S2. The Bertz CT molecular complexity index is 411. The molecule has 0 bridgehead atoms. The quantitative estimate of drug-likeness (QED) is 0.696. The summed E-state index contributed by atoms with van der Waals surface area (Å²) >= 11 is 3.00. The van der Waals surface area contributed by atoms with Crippen molar-refractivity contribution in [2.75, 3.05) is 36.3 Å². The lowest BCUT2D eigenvalue weighted by Crippen LogP contribution is -2.24. The van der Waals surface area contributed by atoms with Gasteiger partial charge in [0.05, 0.1) is 5.75 Å². The highest BCUT2D eigenvalue weighted by Gasteiger charge is 2.16. The van der Waals surface area contributed by atoms with Crippen molar-refractivity contribution in [2.24, 2.45) is 0 Å². The predicted molar refractivity (Wildman–Crippen MR) is 80.3 cm³/mol. The lowest BCUT2D eigenvalue weighted by Gasteiger charge is -2.18. The summed E-state index contributed by atoms with van der Waals surface area (Å²) in [4.78, 5) is 12.7. The lowest BCUT2D eigenvalue weighted by atomic mass is 10.5. The monoisotopic (exact) mass is 304 g/mol. The van der Waals surface area contributed by atoms with Gasteiger partial charge in [0.15, 0.2) is 5.16 Å². The Morgan fingerprint density at radius 1 is 1.47 bits per heavy atom. The minimum atomic E-state index is -0.840. The molecule has 1 aromatic heterocycles. The molecule has 0 aliphatic heterocycles. The first-order chi connectivity index (χ1) is 9.10. The highest BCUT2D eigenvalue weighted by atomic mass is 32.2. The molecule has 0 aliphatic rings. The number of thioether (sulfide) groups is 2. The molecule has 1 rings (SSSR count). The normalized spacial score (nSPS) is 10.7. The first-order valence-electron chi connectivity index (χ1n) is 6.08. The van der Waals surface area contributed by atoms with Crippen molar-refractivity contribution >= 4 is 35.4 Å². The fourth-order valence-electron chi connectivity index (χ4n) is 1.54. The van der Waals surface area contributed by atoms with Gasteiger partial charge in [0, 0.05) is 25.9 Å². The van der Waals surface area contributed by atoms with Gasteiger partial charge in [0.25, 0.3) is 0 Å². The molecule has 0 spiro atoms. The zero-order chi connectivity index (χ0) is 14.3. The van der Waals surface area contributed by atoms with Gasteiger partial charge < -0.3 is 10.0 Å². The first-order valence-corrected chi connectivity index (χ1v) is 8.46. The third-order valence-electron chi connectivity index (χ3n) is 2.44. The smallest absolute Gasteiger partial charge is 0.313 e. The number of aliphatic carboxylic acids is 1. The molecule has 0 saturated carbocycles. The molecule has 19 heavy (non-hydrogen) atoms. The molecule has 0 unspecified atom stereocenters. The maximum absolute atomic E-state index is 10.6. The van der Waals surface area contributed by atoms with E-state index in [1.54, 1.807) is 11.8 Å². The van der Waals surface area contributed by atoms with Crippen LogP contribution in [0.15, 0.2) is 5.16 Å². The topological polar surface area (TPSA) is 71.2 Å². The van der Waals surface area contributed by atoms with Gasteiger partial charge >= 0.3 is 5.97 Å². The number of anilines is 1. The standard InChI is InChI=1S/C11H20N4O2S2/c1-4-5-15-10(14(2)6-7-18-3)12-13-11(15)19-8-9(16)17/h4-8H2,1-3H3,(H,16,17). The van der Waals surface area contributed by atoms with E-state index in [9.17, 15) is 4.79 Å². The highest BCUT2D eigenvalue weighted by Crippen LogP contribution is 2.21. The second kappa shape index (κ2) is 8.31. The van der Waals surface area contributed by atoms with Crippen LogP contribution >= 0.6 is 23.5 Å². The number of nitrogens with zero attached hydrogens (tertiary/aromatic N) is 4. The van der Waals surface area contributed by atoms with Gasteiger partial charge in [-0.15, -0.1) is 10.2 Å². The minimum absolute atomic E-state index is 0.0103. The van der Waals surface area contributed by atoms with Gasteiger partial charge in [-0.25, -0.2) is 0 Å². The van der Waals surface area contributed by atoms with Crippen molar-refractivity contribution in [2.45, 2.75) is 25.0 Å². The number of carboxylic acid groups (broad SMARTS) is 1. The van der Waals surface area contributed by atoms with E-state index >= 15 is 0 Å². The molecule has 1 aromatic rings. The van der Waals surface area contributed by atoms with E-state index < -0.39 is 5.97 Å². The van der Waals surface area contributed by atoms with Crippen LogP contribution in [0.5, 0.6) is 0 Å². The zero-order valence-corrected chi connectivity index (χ0v) is 13.1. The molecule has 0 saturated heterocycles. The highest BCUT2D eigenvalue weighted by molar-refractivity contribution is 7.99. The van der Waals surface area contributed by atoms with Crippen LogP contribution in [0, 0.1) is 0 Å². The average molecular weight is 304 g/mol. The van der Waals surface area contributed by atoms with E-state index in [2.05, 4.69) is 28.3 Å². The molecule has 0 atom stereocenters. The largest absolute Gasteiger partial charge is 0.481 e. The number of hydrogen-bond donors (Lipinski definition) is 1. The van der Waals surface area contributed by atoms with Crippen LogP contribution in [0.1, 0.15) is 13.3 Å². The zero-order valence-electron chi connectivity index (χ0n) is 11.5. The van der Waals surface area contributed by atoms with Gasteiger partial charge in [0.1, 0.15) is 0 Å². The van der Waals surface area contributed by atoms with Gasteiger partial charge in [-0.1, -0.05) is 18.7 Å². The molecule has 1 N–H and O–H groups in total. The summed E-state index contributed by atoms with van der Waals surface area (Å²) in [6, 6.07) is 0. The molecule has 8 heteroatoms. The van der Waals surface area contributed by atoms with Crippen LogP contribution in [0.25, 0.3) is 0 Å². The van der Waals surface area contributed by atoms with E-state index in [0.717, 1.165) is 31.2 Å². The van der Waals surface area contributed by atoms with Crippen LogP contribution in [-0.2, 0) is 11.3 Å². The van der Waals surface area contributed by atoms with Crippen molar-refractivity contribution in [3.63, 3.8) is 0 Å². The third kappa shape index (κ3) is 4.94. The van der Waals surface area contributed by atoms with E-state index in [0.29, 0.717) is 5.16 Å². The Labute approximate surface area is 122 Å². The number of hydrogen-bond acceptors (Lipinski definition) is 6. The molecule has 0 radical (unpaired) electrons. The maximum Gasteiger partial charge on any atom is 0.313 e. The second-order valence-corrected chi connectivity index (χ2v) is 5.96. The molecule has 0 amide bonds. The summed E-state index contributed by atoms with van der Waals surface area (Å²) in [7, 11) is 1.98. The fraction of sp³-hybridized carbons (Fsp3) is 0.727. The summed E-state index contributed by atoms with van der Waals surface area (Å²) in [6.07, 6.45) is 3.03. The lowest BCUT2D eigenvalue weighted by molar-refractivity contribution is -0.133. The molecule has 1 heterocycles. The summed E-state index contributed by atoms with van der Waals surface area (Å²) in [5.41, 5.74) is 0. The van der Waals surface area contributed by atoms with E-state index in [1.165, 1.54) is 11.8 Å². The number of aromatic nitrogens is 3. The van der Waals surface area contributed by atoms with Crippen LogP contribution in [0.3, 0.4) is 0 Å². The van der Waals surface area contributed by atoms with E-state index in [1.807, 2.05) is 11.6 Å². The van der Waals surface area contributed by atoms with Gasteiger partial charge in [-0.3, -0.25) is 9.36 Å². The predicted octanol–water partition coefficient (Wildman–Crippen LogP) is 1.66. The Morgan fingerprint density at radius 2 is 2.21 bits per heavy atom. The maximum atomic E-state index is 10.6. The number of carbonyl (C=O) groups is 1. The van der Waals surface area contributed by atoms with Crippen LogP contribution in [0.4, 0.5) is 5.95 Å². The molecule has 0 aromatic carbocycles. The van der Waals surface area contributed by atoms with Crippen LogP contribution in [-0.4, -0.2) is 57.2 Å². The summed E-state index contributed by atoms with van der Waals surface area (Å²) < 4.78 is 1.99. The Kier molecular flexibility index (Phi) is 7.07. The molecule has 0 aliphatic carbocycles. The Hall–Kier alpha value is -0.890. The van der Waals surface area contributed by atoms with Crippen LogP contribution < -0.4 is 4.90 Å². The summed E-state index contributed by atoms with van der Waals surface area (Å²) in [6.45, 7) is 3.78. The van der Waals surface area contributed by atoms with Gasteiger partial charge in [0.2, 0.25) is 5.95 Å². The minimum Gasteiger partial charge on any atom is -0.481 e. The Balaban J connectivity index is 2.82. The third-order valence-corrected chi connectivity index (χ3v) is 3.98. The molecular weight excluding hydrogens is 284 g/mol. The second-order valence-electron chi connectivity index (χ2n) is 4.03. The number of rotatable bonds is 9. The van der Waals surface area contributed by atoms with Gasteiger partial charge in [-0.2, -0.15) is 11.8 Å². The van der Waals surface area contributed by atoms with E-state index in [-0.39, 0.29) is 5.75 Å². The van der Waals surface area contributed by atoms with Crippen LogP contribution in [0.2, 0.25) is 0 Å². The average Bonchev–Trinajstić information content (AvgIpc) is 2.77.